The van der Waals surface area contributed by atoms with E-state index in [-0.39, 0.29) is 0 Å². The number of hydrogen-bond acceptors (Lipinski definition) is 4. The lowest BCUT2D eigenvalue weighted by Crippen LogP contribution is -2.36. The second-order valence-corrected chi connectivity index (χ2v) is 7.28. The molecule has 0 saturated carbocycles. The maximum Gasteiger partial charge on any atom is 0.231 e. The fraction of sp³-hybridized carbons (Fsp3) is 0.381. The molecular formula is C21H23N3O2. The monoisotopic (exact) mass is 349 g/mol. The number of hydrogen-bond donors (Lipinski definition) is 1. The summed E-state index contributed by atoms with van der Waals surface area (Å²) in [5.41, 5.74) is 4.78. The van der Waals surface area contributed by atoms with Crippen molar-refractivity contribution in [2.24, 2.45) is 0 Å². The van der Waals surface area contributed by atoms with Crippen molar-refractivity contribution in [3.63, 3.8) is 0 Å². The number of nitrogens with one attached hydrogen (secondary N) is 1. The molecule has 2 aromatic heterocycles. The maximum atomic E-state index is 5.55. The van der Waals surface area contributed by atoms with Gasteiger partial charge in [-0.2, -0.15) is 0 Å². The Morgan fingerprint density at radius 2 is 2.12 bits per heavy atom. The number of benzene rings is 1. The Hall–Kier alpha value is -2.53. The minimum Gasteiger partial charge on any atom is -0.454 e. The van der Waals surface area contributed by atoms with Gasteiger partial charge in [-0.05, 0) is 62.2 Å². The number of ether oxygens (including phenoxy) is 2. The summed E-state index contributed by atoms with van der Waals surface area (Å²) in [6, 6.07) is 13.0. The van der Waals surface area contributed by atoms with Crippen LogP contribution in [0.3, 0.4) is 0 Å². The van der Waals surface area contributed by atoms with Crippen LogP contribution in [-0.2, 0) is 0 Å². The summed E-state index contributed by atoms with van der Waals surface area (Å²) in [4.78, 5) is 10.6. The van der Waals surface area contributed by atoms with Gasteiger partial charge in [0, 0.05) is 30.4 Å². The lowest BCUT2D eigenvalue weighted by atomic mass is 9.92. The van der Waals surface area contributed by atoms with Crippen molar-refractivity contribution in [1.82, 2.24) is 14.9 Å². The summed E-state index contributed by atoms with van der Waals surface area (Å²) >= 11 is 0. The van der Waals surface area contributed by atoms with Crippen LogP contribution in [-0.4, -0.2) is 34.8 Å². The van der Waals surface area contributed by atoms with Crippen molar-refractivity contribution in [2.75, 3.05) is 19.9 Å². The van der Waals surface area contributed by atoms with E-state index < -0.39 is 0 Å². The lowest BCUT2D eigenvalue weighted by Gasteiger charge is -2.36. The average Bonchev–Trinajstić information content (AvgIpc) is 3.33. The Morgan fingerprint density at radius 3 is 3.04 bits per heavy atom. The van der Waals surface area contributed by atoms with E-state index in [1.807, 2.05) is 18.3 Å². The summed E-state index contributed by atoms with van der Waals surface area (Å²) in [7, 11) is 0. The van der Waals surface area contributed by atoms with Crippen LogP contribution in [0.4, 0.5) is 0 Å². The molecule has 2 atom stereocenters. The van der Waals surface area contributed by atoms with Crippen molar-refractivity contribution < 1.29 is 9.47 Å². The Morgan fingerprint density at radius 1 is 1.19 bits per heavy atom. The number of H-pyrrole nitrogens is 1. The van der Waals surface area contributed by atoms with Gasteiger partial charge in [0.15, 0.2) is 11.5 Å². The molecule has 1 aromatic carbocycles. The molecule has 2 aliphatic heterocycles. The molecule has 1 saturated heterocycles. The molecule has 5 heteroatoms. The van der Waals surface area contributed by atoms with Crippen LogP contribution >= 0.6 is 0 Å². The average molecular weight is 349 g/mol. The number of likely N-dealkylation sites (tertiary alicyclic amines) is 1. The molecule has 1 N–H and O–H groups in total. The van der Waals surface area contributed by atoms with Gasteiger partial charge in [0.1, 0.15) is 0 Å². The molecule has 3 aromatic rings. The van der Waals surface area contributed by atoms with E-state index in [0.29, 0.717) is 18.8 Å². The molecule has 4 heterocycles. The quantitative estimate of drug-likeness (QED) is 0.769. The van der Waals surface area contributed by atoms with Crippen molar-refractivity contribution >= 4 is 11.0 Å². The molecule has 5 nitrogen and oxygen atoms in total. The Bertz CT molecular complexity index is 903. The minimum absolute atomic E-state index is 0.327. The van der Waals surface area contributed by atoms with Crippen LogP contribution in [0.25, 0.3) is 11.0 Å². The zero-order chi connectivity index (χ0) is 17.5. The Kier molecular flexibility index (Phi) is 3.82. The van der Waals surface area contributed by atoms with Crippen molar-refractivity contribution in [2.45, 2.75) is 31.7 Å². The fourth-order valence-electron chi connectivity index (χ4n) is 4.19. The number of nitrogens with zero attached hydrogens (tertiary/aromatic N) is 2. The highest BCUT2D eigenvalue weighted by Crippen LogP contribution is 2.37. The van der Waals surface area contributed by atoms with Crippen molar-refractivity contribution in [1.29, 1.82) is 0 Å². The van der Waals surface area contributed by atoms with Crippen LogP contribution in [0.1, 0.15) is 43.0 Å². The van der Waals surface area contributed by atoms with E-state index in [9.17, 15) is 0 Å². The van der Waals surface area contributed by atoms with Gasteiger partial charge < -0.3 is 14.5 Å². The summed E-state index contributed by atoms with van der Waals surface area (Å²) < 4.78 is 11.0. The number of rotatable bonds is 3. The first-order valence-corrected chi connectivity index (χ1v) is 9.35. The summed E-state index contributed by atoms with van der Waals surface area (Å²) in [6.45, 7) is 4.80. The molecule has 0 radical (unpaired) electrons. The highest BCUT2D eigenvalue weighted by Gasteiger charge is 2.27. The lowest BCUT2D eigenvalue weighted by molar-refractivity contribution is 0.156. The van der Waals surface area contributed by atoms with Crippen LogP contribution in [0.15, 0.2) is 42.6 Å². The first-order chi connectivity index (χ1) is 12.8. The summed E-state index contributed by atoms with van der Waals surface area (Å²) in [5.74, 6) is 2.24. The number of pyridine rings is 1. The van der Waals surface area contributed by atoms with Gasteiger partial charge >= 0.3 is 0 Å². The SMILES string of the molecule is CC(c1ccc2c(c1)OCO2)N1CCCC(c2cc3ncccc3[nH]2)C1. The first kappa shape index (κ1) is 15.7. The van der Waals surface area contributed by atoms with Gasteiger partial charge in [0.25, 0.3) is 0 Å². The predicted octanol–water partition coefficient (Wildman–Crippen LogP) is 4.23. The number of fused-ring (bicyclic) bond motifs is 2. The molecule has 2 unspecified atom stereocenters. The van der Waals surface area contributed by atoms with Crippen LogP contribution in [0, 0.1) is 0 Å². The van der Waals surface area contributed by atoms with Gasteiger partial charge in [-0.3, -0.25) is 9.88 Å². The van der Waals surface area contributed by atoms with Crippen molar-refractivity contribution in [3.8, 4) is 11.5 Å². The number of aromatic nitrogens is 2. The fourth-order valence-corrected chi connectivity index (χ4v) is 4.19. The zero-order valence-corrected chi connectivity index (χ0v) is 14.9. The van der Waals surface area contributed by atoms with E-state index in [1.165, 1.54) is 24.1 Å². The van der Waals surface area contributed by atoms with Crippen LogP contribution in [0.2, 0.25) is 0 Å². The molecule has 0 amide bonds. The normalized spacial score (nSPS) is 21.2. The first-order valence-electron chi connectivity index (χ1n) is 9.35. The van der Waals surface area contributed by atoms with E-state index in [4.69, 9.17) is 9.47 Å². The topological polar surface area (TPSA) is 50.4 Å². The number of aromatic amines is 1. The van der Waals surface area contributed by atoms with E-state index in [2.05, 4.69) is 46.1 Å². The molecule has 0 aliphatic carbocycles. The maximum absolute atomic E-state index is 5.55. The third kappa shape index (κ3) is 2.72. The molecule has 26 heavy (non-hydrogen) atoms. The third-order valence-corrected chi connectivity index (χ3v) is 5.73. The molecule has 2 aliphatic rings. The van der Waals surface area contributed by atoms with Gasteiger partial charge in [0.05, 0.1) is 11.0 Å². The third-order valence-electron chi connectivity index (χ3n) is 5.73. The molecule has 0 bridgehead atoms. The molecular weight excluding hydrogens is 326 g/mol. The van der Waals surface area contributed by atoms with Gasteiger partial charge in [-0.1, -0.05) is 6.07 Å². The second kappa shape index (κ2) is 6.32. The van der Waals surface area contributed by atoms with E-state index in [0.717, 1.165) is 35.6 Å². The highest BCUT2D eigenvalue weighted by atomic mass is 16.7. The van der Waals surface area contributed by atoms with Crippen LogP contribution < -0.4 is 9.47 Å². The zero-order valence-electron chi connectivity index (χ0n) is 14.9. The standard InChI is InChI=1S/C21H23N3O2/c1-14(15-6-7-20-21(10-15)26-13-25-20)24-9-3-4-16(12-24)18-11-19-17(23-18)5-2-8-22-19/h2,5-8,10-11,14,16,23H,3-4,9,12-13H2,1H3. The molecule has 1 fully saturated rings. The summed E-state index contributed by atoms with van der Waals surface area (Å²) in [5, 5.41) is 0. The van der Waals surface area contributed by atoms with E-state index in [1.54, 1.807) is 0 Å². The highest BCUT2D eigenvalue weighted by molar-refractivity contribution is 5.75. The van der Waals surface area contributed by atoms with Gasteiger partial charge in [0.2, 0.25) is 6.79 Å². The molecule has 134 valence electrons. The minimum atomic E-state index is 0.327. The summed E-state index contributed by atoms with van der Waals surface area (Å²) in [6.07, 6.45) is 4.29. The second-order valence-electron chi connectivity index (χ2n) is 7.28. The van der Waals surface area contributed by atoms with E-state index >= 15 is 0 Å². The Labute approximate surface area is 152 Å². The van der Waals surface area contributed by atoms with Gasteiger partial charge in [-0.25, -0.2) is 0 Å². The molecule has 5 rings (SSSR count). The van der Waals surface area contributed by atoms with Crippen LogP contribution in [0.5, 0.6) is 11.5 Å². The van der Waals surface area contributed by atoms with Gasteiger partial charge in [-0.15, -0.1) is 0 Å². The van der Waals surface area contributed by atoms with Crippen molar-refractivity contribution in [3.05, 3.63) is 53.9 Å². The largest absolute Gasteiger partial charge is 0.454 e. The smallest absolute Gasteiger partial charge is 0.231 e. The number of piperidine rings is 1. The molecule has 0 spiro atoms. The Balaban J connectivity index is 1.36. The predicted molar refractivity (Wildman–Crippen MR) is 101 cm³/mol.